The zero-order chi connectivity index (χ0) is 12.8. The van der Waals surface area contributed by atoms with Crippen molar-refractivity contribution >= 4 is 29.3 Å². The van der Waals surface area contributed by atoms with Crippen molar-refractivity contribution in [1.29, 1.82) is 0 Å². The Labute approximate surface area is 112 Å². The van der Waals surface area contributed by atoms with E-state index in [1.165, 1.54) is 11.8 Å². The van der Waals surface area contributed by atoms with Gasteiger partial charge in [0.25, 0.3) is 0 Å². The van der Waals surface area contributed by atoms with Gasteiger partial charge in [-0.05, 0) is 24.3 Å². The zero-order valence-corrected chi connectivity index (χ0v) is 10.8. The molecule has 1 amide bonds. The van der Waals surface area contributed by atoms with Crippen molar-refractivity contribution in [2.45, 2.75) is 11.4 Å². The van der Waals surface area contributed by atoms with E-state index in [2.05, 4.69) is 25.9 Å². The van der Waals surface area contributed by atoms with Crippen molar-refractivity contribution in [3.63, 3.8) is 0 Å². The van der Waals surface area contributed by atoms with Crippen LogP contribution in [0.3, 0.4) is 0 Å². The first-order valence-corrected chi connectivity index (χ1v) is 6.48. The molecule has 8 heteroatoms. The average Bonchev–Trinajstić information content (AvgIpc) is 2.89. The monoisotopic (exact) mass is 283 g/mol. The quantitative estimate of drug-likeness (QED) is 0.807. The number of hydrogen-bond acceptors (Lipinski definition) is 5. The Bertz CT molecular complexity index is 501. The van der Waals surface area contributed by atoms with Crippen LogP contribution in [0.15, 0.2) is 29.2 Å². The fraction of sp³-hybridized carbons (Fsp3) is 0.200. The number of tetrazole rings is 1. The minimum absolute atomic E-state index is 0.0836. The van der Waals surface area contributed by atoms with Crippen LogP contribution in [0.4, 0.5) is 0 Å². The van der Waals surface area contributed by atoms with Crippen molar-refractivity contribution < 1.29 is 4.79 Å². The van der Waals surface area contributed by atoms with E-state index < -0.39 is 0 Å². The Hall–Kier alpha value is -1.60. The van der Waals surface area contributed by atoms with Gasteiger partial charge in [-0.3, -0.25) is 4.79 Å². The standard InChI is InChI=1S/C10H10ClN5OS/c11-7-1-3-8(4-2-7)18-6-10(17)12-5-9-13-15-16-14-9/h1-4H,5-6H2,(H,12,17)(H,13,14,15,16). The van der Waals surface area contributed by atoms with Gasteiger partial charge in [-0.25, -0.2) is 0 Å². The maximum atomic E-state index is 11.5. The molecule has 1 aromatic heterocycles. The normalized spacial score (nSPS) is 10.3. The Balaban J connectivity index is 1.73. The summed E-state index contributed by atoms with van der Waals surface area (Å²) < 4.78 is 0. The number of aromatic amines is 1. The fourth-order valence-corrected chi connectivity index (χ4v) is 2.02. The van der Waals surface area contributed by atoms with Gasteiger partial charge in [0, 0.05) is 9.92 Å². The highest BCUT2D eigenvalue weighted by atomic mass is 35.5. The van der Waals surface area contributed by atoms with Gasteiger partial charge in [-0.1, -0.05) is 16.8 Å². The summed E-state index contributed by atoms with van der Waals surface area (Å²) in [5.74, 6) is 0.707. The van der Waals surface area contributed by atoms with Crippen LogP contribution in [0.2, 0.25) is 5.02 Å². The maximum absolute atomic E-state index is 11.5. The Morgan fingerprint density at radius 2 is 2.17 bits per heavy atom. The van der Waals surface area contributed by atoms with Crippen molar-refractivity contribution in [2.24, 2.45) is 0 Å². The van der Waals surface area contributed by atoms with Crippen LogP contribution in [-0.2, 0) is 11.3 Å². The highest BCUT2D eigenvalue weighted by molar-refractivity contribution is 8.00. The first-order valence-electron chi connectivity index (χ1n) is 5.11. The summed E-state index contributed by atoms with van der Waals surface area (Å²) in [5, 5.41) is 16.6. The summed E-state index contributed by atoms with van der Waals surface area (Å²) in [5.41, 5.74) is 0. The molecule has 18 heavy (non-hydrogen) atoms. The van der Waals surface area contributed by atoms with Crippen LogP contribution in [0.25, 0.3) is 0 Å². The lowest BCUT2D eigenvalue weighted by molar-refractivity contribution is -0.118. The van der Waals surface area contributed by atoms with Gasteiger partial charge in [-0.15, -0.1) is 22.0 Å². The second-order valence-electron chi connectivity index (χ2n) is 3.35. The highest BCUT2D eigenvalue weighted by Crippen LogP contribution is 2.19. The summed E-state index contributed by atoms with van der Waals surface area (Å²) >= 11 is 7.21. The van der Waals surface area contributed by atoms with Crippen molar-refractivity contribution in [3.05, 3.63) is 35.1 Å². The fourth-order valence-electron chi connectivity index (χ4n) is 1.17. The lowest BCUT2D eigenvalue weighted by atomic mass is 10.4. The number of rotatable bonds is 5. The van der Waals surface area contributed by atoms with Crippen LogP contribution in [-0.4, -0.2) is 32.3 Å². The van der Waals surface area contributed by atoms with Crippen LogP contribution in [0.5, 0.6) is 0 Å². The molecule has 0 unspecified atom stereocenters. The largest absolute Gasteiger partial charge is 0.348 e. The van der Waals surface area contributed by atoms with Crippen molar-refractivity contribution in [1.82, 2.24) is 25.9 Å². The van der Waals surface area contributed by atoms with Gasteiger partial charge in [-0.2, -0.15) is 5.21 Å². The van der Waals surface area contributed by atoms with E-state index >= 15 is 0 Å². The first-order chi connectivity index (χ1) is 8.74. The van der Waals surface area contributed by atoms with Gasteiger partial charge >= 0.3 is 0 Å². The molecule has 0 saturated heterocycles. The number of amides is 1. The summed E-state index contributed by atoms with van der Waals surface area (Å²) in [6.45, 7) is 0.274. The highest BCUT2D eigenvalue weighted by Gasteiger charge is 2.04. The molecule has 0 aliphatic rings. The molecule has 2 N–H and O–H groups in total. The second kappa shape index (κ2) is 6.36. The van der Waals surface area contributed by atoms with E-state index in [9.17, 15) is 4.79 Å². The molecule has 2 rings (SSSR count). The van der Waals surface area contributed by atoms with E-state index in [-0.39, 0.29) is 12.5 Å². The molecule has 0 bridgehead atoms. The van der Waals surface area contributed by atoms with E-state index in [1.54, 1.807) is 12.1 Å². The SMILES string of the molecule is O=C(CSc1ccc(Cl)cc1)NCc1nn[nH]n1. The summed E-state index contributed by atoms with van der Waals surface area (Å²) in [6, 6.07) is 7.33. The third-order valence-electron chi connectivity index (χ3n) is 2.02. The predicted molar refractivity (Wildman–Crippen MR) is 68.2 cm³/mol. The van der Waals surface area contributed by atoms with Crippen molar-refractivity contribution in [3.8, 4) is 0 Å². The summed E-state index contributed by atoms with van der Waals surface area (Å²) in [4.78, 5) is 12.5. The minimum Gasteiger partial charge on any atom is -0.348 e. The van der Waals surface area contributed by atoms with Gasteiger partial charge in [0.15, 0.2) is 5.82 Å². The second-order valence-corrected chi connectivity index (χ2v) is 4.83. The third-order valence-corrected chi connectivity index (χ3v) is 3.28. The van der Waals surface area contributed by atoms with Crippen LogP contribution in [0.1, 0.15) is 5.82 Å². The number of carbonyl (C=O) groups is 1. The lowest BCUT2D eigenvalue weighted by Crippen LogP contribution is -2.25. The molecule has 0 aliphatic heterocycles. The number of halogens is 1. The molecule has 6 nitrogen and oxygen atoms in total. The Morgan fingerprint density at radius 1 is 1.39 bits per heavy atom. The number of aromatic nitrogens is 4. The van der Waals surface area contributed by atoms with Gasteiger partial charge in [0.05, 0.1) is 12.3 Å². The minimum atomic E-state index is -0.0836. The predicted octanol–water partition coefficient (Wildman–Crippen LogP) is 1.26. The molecule has 0 saturated carbocycles. The number of nitrogens with one attached hydrogen (secondary N) is 2. The molecule has 94 valence electrons. The smallest absolute Gasteiger partial charge is 0.230 e. The lowest BCUT2D eigenvalue weighted by Gasteiger charge is -2.02. The van der Waals surface area contributed by atoms with Gasteiger partial charge < -0.3 is 5.32 Å². The zero-order valence-electron chi connectivity index (χ0n) is 9.26. The van der Waals surface area contributed by atoms with Gasteiger partial charge in [0.1, 0.15) is 0 Å². The van der Waals surface area contributed by atoms with Crippen LogP contribution >= 0.6 is 23.4 Å². The molecule has 0 fully saturated rings. The number of hydrogen-bond donors (Lipinski definition) is 2. The van der Waals surface area contributed by atoms with E-state index in [0.29, 0.717) is 16.6 Å². The Kier molecular flexibility index (Phi) is 4.54. The molecule has 2 aromatic rings. The number of nitrogens with zero attached hydrogens (tertiary/aromatic N) is 3. The molecular formula is C10H10ClN5OS. The molecule has 0 atom stereocenters. The molecule has 0 aliphatic carbocycles. The van der Waals surface area contributed by atoms with E-state index in [1.807, 2.05) is 12.1 Å². The number of H-pyrrole nitrogens is 1. The number of carbonyl (C=O) groups excluding carboxylic acids is 1. The van der Waals surface area contributed by atoms with E-state index in [4.69, 9.17) is 11.6 Å². The Morgan fingerprint density at radius 3 is 2.83 bits per heavy atom. The number of benzene rings is 1. The third kappa shape index (κ3) is 4.01. The summed E-state index contributed by atoms with van der Waals surface area (Å²) in [6.07, 6.45) is 0. The molecule has 1 heterocycles. The van der Waals surface area contributed by atoms with Gasteiger partial charge in [0.2, 0.25) is 5.91 Å². The van der Waals surface area contributed by atoms with Crippen molar-refractivity contribution in [2.75, 3.05) is 5.75 Å². The molecule has 0 spiro atoms. The van der Waals surface area contributed by atoms with Crippen LogP contribution in [0, 0.1) is 0 Å². The molecule has 1 aromatic carbocycles. The molecular weight excluding hydrogens is 274 g/mol. The summed E-state index contributed by atoms with van der Waals surface area (Å²) in [7, 11) is 0. The van der Waals surface area contributed by atoms with Crippen LogP contribution < -0.4 is 5.32 Å². The topological polar surface area (TPSA) is 83.6 Å². The molecule has 0 radical (unpaired) electrons. The average molecular weight is 284 g/mol. The van der Waals surface area contributed by atoms with E-state index in [0.717, 1.165) is 4.90 Å². The maximum Gasteiger partial charge on any atom is 0.230 e. The first kappa shape index (κ1) is 12.8. The number of thioether (sulfide) groups is 1.